The molecule has 1 aliphatic heterocycles. The number of halogens is 3. The molecular weight excluding hydrogens is 334 g/mol. The average molecular weight is 348 g/mol. The van der Waals surface area contributed by atoms with E-state index in [-0.39, 0.29) is 22.2 Å². The zero-order chi connectivity index (χ0) is 15.9. The van der Waals surface area contributed by atoms with Crippen molar-refractivity contribution in [1.82, 2.24) is 15.0 Å². The first-order valence-corrected chi connectivity index (χ1v) is 8.42. The molecule has 112 valence electrons. The minimum atomic E-state index is -0.695. The summed E-state index contributed by atoms with van der Waals surface area (Å²) in [5.41, 5.74) is 0.0754. The lowest BCUT2D eigenvalue weighted by Gasteiger charge is -2.29. The van der Waals surface area contributed by atoms with Crippen LogP contribution in [0.25, 0.3) is 10.9 Å². The van der Waals surface area contributed by atoms with Gasteiger partial charge in [-0.15, -0.1) is 0 Å². The van der Waals surface area contributed by atoms with Crippen LogP contribution in [-0.2, 0) is 0 Å². The Morgan fingerprint density at radius 1 is 1.19 bits per heavy atom. The summed E-state index contributed by atoms with van der Waals surface area (Å²) in [7, 11) is 0. The third-order valence-electron chi connectivity index (χ3n) is 3.33. The number of hydrogen-bond acceptors (Lipinski definition) is 5. The third kappa shape index (κ3) is 2.76. The van der Waals surface area contributed by atoms with Gasteiger partial charge in [0, 0.05) is 14.5 Å². The van der Waals surface area contributed by atoms with E-state index in [0.717, 1.165) is 19.4 Å². The van der Waals surface area contributed by atoms with Crippen LogP contribution in [0.15, 0.2) is 5.16 Å². The van der Waals surface area contributed by atoms with Crippen LogP contribution in [0.3, 0.4) is 0 Å². The number of anilines is 1. The van der Waals surface area contributed by atoms with Gasteiger partial charge in [0.25, 0.3) is 0 Å². The topological polar surface area (TPSA) is 41.9 Å². The van der Waals surface area contributed by atoms with Gasteiger partial charge in [-0.3, -0.25) is 0 Å². The number of aromatic nitrogens is 3. The fourth-order valence-electron chi connectivity index (χ4n) is 2.34. The quantitative estimate of drug-likeness (QED) is 0.463. The lowest BCUT2D eigenvalue weighted by atomic mass is 10.1. The van der Waals surface area contributed by atoms with Gasteiger partial charge in [-0.1, -0.05) is 35.0 Å². The molecule has 0 N–H and O–H groups in total. The van der Waals surface area contributed by atoms with Crippen LogP contribution < -0.4 is 4.90 Å². The molecule has 2 aromatic heterocycles. The standard InChI is InChI=1S/C13H13Cl2FN4S/c1-21-13-17-9-7(10(14)18-11(15)8(9)16)12(19-13)20-5-3-2-4-6-20/h2-6H2,1H3/i3D/t3-/m1/s1. The Morgan fingerprint density at radius 3 is 2.71 bits per heavy atom. The number of rotatable bonds is 2. The van der Waals surface area contributed by atoms with Gasteiger partial charge < -0.3 is 4.90 Å². The highest BCUT2D eigenvalue weighted by Crippen LogP contribution is 2.35. The van der Waals surface area contributed by atoms with E-state index in [9.17, 15) is 4.39 Å². The summed E-state index contributed by atoms with van der Waals surface area (Å²) in [6.45, 7) is 1.27. The third-order valence-corrected chi connectivity index (χ3v) is 4.40. The predicted octanol–water partition coefficient (Wildman–Crippen LogP) is 4.18. The normalized spacial score (nSPS) is 19.9. The van der Waals surface area contributed by atoms with Gasteiger partial charge in [-0.25, -0.2) is 19.3 Å². The van der Waals surface area contributed by atoms with Crippen molar-refractivity contribution in [1.29, 1.82) is 0 Å². The molecule has 1 atom stereocenters. The maximum absolute atomic E-state index is 14.3. The Kier molecular flexibility index (Phi) is 4.01. The monoisotopic (exact) mass is 347 g/mol. The maximum atomic E-state index is 14.3. The van der Waals surface area contributed by atoms with Gasteiger partial charge in [0.05, 0.1) is 5.39 Å². The van der Waals surface area contributed by atoms with Crippen LogP contribution in [0.1, 0.15) is 20.6 Å². The van der Waals surface area contributed by atoms with Crippen molar-refractivity contribution < 1.29 is 5.76 Å². The molecule has 3 heterocycles. The van der Waals surface area contributed by atoms with Crippen molar-refractivity contribution in [3.8, 4) is 0 Å². The molecule has 0 aliphatic carbocycles. The van der Waals surface area contributed by atoms with Crippen molar-refractivity contribution in [2.75, 3.05) is 24.2 Å². The molecule has 0 saturated carbocycles. The molecule has 0 spiro atoms. The fourth-order valence-corrected chi connectivity index (χ4v) is 3.18. The van der Waals surface area contributed by atoms with E-state index < -0.39 is 5.82 Å². The van der Waals surface area contributed by atoms with Gasteiger partial charge in [0.1, 0.15) is 16.5 Å². The summed E-state index contributed by atoms with van der Waals surface area (Å²) >= 11 is 13.3. The molecule has 1 saturated heterocycles. The second-order valence-corrected chi connectivity index (χ2v) is 6.13. The molecule has 1 fully saturated rings. The van der Waals surface area contributed by atoms with Crippen molar-refractivity contribution in [3.63, 3.8) is 0 Å². The Balaban J connectivity index is 2.25. The Bertz CT molecular complexity index is 733. The SMILES string of the molecule is [2H][C@@H]1CCCN(c2nc(SC)nc3c(F)c(Cl)nc(Cl)c23)C1. The van der Waals surface area contributed by atoms with Crippen molar-refractivity contribution in [2.24, 2.45) is 0 Å². The minimum absolute atomic E-state index is 0.0754. The van der Waals surface area contributed by atoms with Gasteiger partial charge in [-0.05, 0) is 25.5 Å². The molecule has 0 bridgehead atoms. The molecule has 4 nitrogen and oxygen atoms in total. The van der Waals surface area contributed by atoms with Crippen LogP contribution in [0.2, 0.25) is 10.3 Å². The van der Waals surface area contributed by atoms with Crippen LogP contribution in [0, 0.1) is 5.82 Å². The van der Waals surface area contributed by atoms with Gasteiger partial charge in [0.15, 0.2) is 16.1 Å². The van der Waals surface area contributed by atoms with E-state index in [4.69, 9.17) is 24.6 Å². The molecule has 3 rings (SSSR count). The predicted molar refractivity (Wildman–Crippen MR) is 85.2 cm³/mol. The number of fused-ring (bicyclic) bond motifs is 1. The summed E-state index contributed by atoms with van der Waals surface area (Å²) in [6.07, 6.45) is 3.35. The van der Waals surface area contributed by atoms with Gasteiger partial charge in [-0.2, -0.15) is 0 Å². The minimum Gasteiger partial charge on any atom is -0.356 e. The second kappa shape index (κ2) is 6.10. The van der Waals surface area contributed by atoms with E-state index in [1.807, 2.05) is 11.2 Å². The molecule has 21 heavy (non-hydrogen) atoms. The lowest BCUT2D eigenvalue weighted by molar-refractivity contribution is 0.572. The lowest BCUT2D eigenvalue weighted by Crippen LogP contribution is -2.30. The molecule has 8 heteroatoms. The average Bonchev–Trinajstić information content (AvgIpc) is 2.51. The molecule has 2 aromatic rings. The molecule has 0 amide bonds. The number of hydrogen-bond donors (Lipinski definition) is 0. The Hall–Kier alpha value is -0.850. The van der Waals surface area contributed by atoms with E-state index in [1.54, 1.807) is 0 Å². The highest BCUT2D eigenvalue weighted by atomic mass is 35.5. The number of thioether (sulfide) groups is 1. The first-order valence-electron chi connectivity index (χ1n) is 7.02. The number of nitrogens with zero attached hydrogens (tertiary/aromatic N) is 4. The smallest absolute Gasteiger partial charge is 0.189 e. The largest absolute Gasteiger partial charge is 0.356 e. The maximum Gasteiger partial charge on any atom is 0.189 e. The molecule has 1 aliphatic rings. The Morgan fingerprint density at radius 2 is 2.00 bits per heavy atom. The Labute approximate surface area is 137 Å². The summed E-state index contributed by atoms with van der Waals surface area (Å²) in [5.74, 6) is -0.168. The van der Waals surface area contributed by atoms with E-state index in [0.29, 0.717) is 22.9 Å². The van der Waals surface area contributed by atoms with Crippen LogP contribution in [0.5, 0.6) is 0 Å². The number of pyridine rings is 1. The van der Waals surface area contributed by atoms with E-state index in [2.05, 4.69) is 15.0 Å². The molecular formula is C13H13Cl2FN4S. The van der Waals surface area contributed by atoms with Crippen LogP contribution in [0.4, 0.5) is 10.2 Å². The van der Waals surface area contributed by atoms with E-state index >= 15 is 0 Å². The molecule has 0 aromatic carbocycles. The van der Waals surface area contributed by atoms with Crippen LogP contribution >= 0.6 is 35.0 Å². The summed E-state index contributed by atoms with van der Waals surface area (Å²) in [6, 6.07) is 0. The summed E-state index contributed by atoms with van der Waals surface area (Å²) in [4.78, 5) is 14.4. The summed E-state index contributed by atoms with van der Waals surface area (Å²) < 4.78 is 22.3. The fraction of sp³-hybridized carbons (Fsp3) is 0.462. The first kappa shape index (κ1) is 13.8. The molecule has 0 radical (unpaired) electrons. The van der Waals surface area contributed by atoms with Gasteiger partial charge in [0.2, 0.25) is 0 Å². The second-order valence-electron chi connectivity index (χ2n) is 4.64. The number of piperidine rings is 1. The van der Waals surface area contributed by atoms with Crippen LogP contribution in [-0.4, -0.2) is 34.3 Å². The van der Waals surface area contributed by atoms with Crippen molar-refractivity contribution in [2.45, 2.75) is 24.4 Å². The van der Waals surface area contributed by atoms with E-state index in [1.165, 1.54) is 11.8 Å². The first-order chi connectivity index (χ1) is 10.5. The van der Waals surface area contributed by atoms with Crippen molar-refractivity contribution in [3.05, 3.63) is 16.1 Å². The molecule has 0 unspecified atom stereocenters. The zero-order valence-corrected chi connectivity index (χ0v) is 13.6. The summed E-state index contributed by atoms with van der Waals surface area (Å²) in [5, 5.41) is 0.574. The zero-order valence-electron chi connectivity index (χ0n) is 12.2. The van der Waals surface area contributed by atoms with Gasteiger partial charge >= 0.3 is 0 Å². The highest BCUT2D eigenvalue weighted by molar-refractivity contribution is 7.98. The highest BCUT2D eigenvalue weighted by Gasteiger charge is 2.23. The van der Waals surface area contributed by atoms with Crippen molar-refractivity contribution >= 4 is 51.7 Å².